The van der Waals surface area contributed by atoms with Crippen molar-refractivity contribution in [1.82, 2.24) is 9.97 Å². The Morgan fingerprint density at radius 3 is 3.00 bits per heavy atom. The van der Waals surface area contributed by atoms with E-state index in [1.807, 2.05) is 6.07 Å². The van der Waals surface area contributed by atoms with E-state index in [-0.39, 0.29) is 5.69 Å². The van der Waals surface area contributed by atoms with E-state index in [9.17, 15) is 4.79 Å². The monoisotopic (exact) mass is 165 g/mol. The molecule has 2 rings (SSSR count). The Labute approximate surface area is 69.8 Å². The lowest BCUT2D eigenvalue weighted by Crippen LogP contribution is -2.16. The molecule has 1 saturated carbocycles. The third-order valence-corrected chi connectivity index (χ3v) is 2.04. The van der Waals surface area contributed by atoms with Gasteiger partial charge in [0.05, 0.1) is 5.69 Å². The van der Waals surface area contributed by atoms with Gasteiger partial charge in [-0.1, -0.05) is 0 Å². The van der Waals surface area contributed by atoms with Crippen LogP contribution in [0.4, 0.5) is 0 Å². The zero-order valence-electron chi connectivity index (χ0n) is 6.71. The highest BCUT2D eigenvalue weighted by Gasteiger charge is 2.25. The van der Waals surface area contributed by atoms with Crippen LogP contribution in [0.15, 0.2) is 10.9 Å². The van der Waals surface area contributed by atoms with Crippen LogP contribution in [-0.4, -0.2) is 9.97 Å². The van der Waals surface area contributed by atoms with Crippen LogP contribution in [0.3, 0.4) is 0 Å². The van der Waals surface area contributed by atoms with Gasteiger partial charge >= 0.3 is 5.69 Å². The second-order valence-corrected chi connectivity index (χ2v) is 3.11. The fraction of sp³-hybridized carbons (Fsp3) is 0.500. The summed E-state index contributed by atoms with van der Waals surface area (Å²) in [7, 11) is 0. The quantitative estimate of drug-likeness (QED) is 0.653. The molecule has 4 heteroatoms. The smallest absolute Gasteiger partial charge is 0.325 e. The minimum absolute atomic E-state index is 0.278. The molecule has 0 unspecified atom stereocenters. The number of hydrogen-bond donors (Lipinski definition) is 2. The van der Waals surface area contributed by atoms with Gasteiger partial charge in [-0.05, 0) is 18.9 Å². The van der Waals surface area contributed by atoms with Gasteiger partial charge in [0.1, 0.15) is 0 Å². The van der Waals surface area contributed by atoms with Crippen molar-refractivity contribution in [2.75, 3.05) is 0 Å². The molecule has 1 fully saturated rings. The zero-order valence-corrected chi connectivity index (χ0v) is 6.71. The second kappa shape index (κ2) is 2.71. The van der Waals surface area contributed by atoms with Crippen molar-refractivity contribution in [3.8, 4) is 0 Å². The molecule has 0 amide bonds. The van der Waals surface area contributed by atoms with Crippen LogP contribution in [0.2, 0.25) is 0 Å². The van der Waals surface area contributed by atoms with E-state index in [1.54, 1.807) is 0 Å². The van der Waals surface area contributed by atoms with Crippen LogP contribution in [-0.2, 0) is 6.54 Å². The average molecular weight is 165 g/mol. The summed E-state index contributed by atoms with van der Waals surface area (Å²) >= 11 is 0. The predicted octanol–water partition coefficient (Wildman–Crippen LogP) is 0.106. The maximum Gasteiger partial charge on any atom is 0.345 e. The number of H-pyrrole nitrogens is 1. The van der Waals surface area contributed by atoms with Crippen LogP contribution < -0.4 is 11.4 Å². The number of nitrogens with one attached hydrogen (secondary N) is 1. The molecule has 0 radical (unpaired) electrons. The van der Waals surface area contributed by atoms with Gasteiger partial charge in [0, 0.05) is 18.2 Å². The van der Waals surface area contributed by atoms with E-state index in [0.29, 0.717) is 12.5 Å². The molecule has 1 heterocycles. The van der Waals surface area contributed by atoms with Gasteiger partial charge in [0.15, 0.2) is 0 Å². The molecule has 1 aliphatic carbocycles. The van der Waals surface area contributed by atoms with Crippen molar-refractivity contribution in [2.45, 2.75) is 25.3 Å². The molecule has 3 N–H and O–H groups in total. The Morgan fingerprint density at radius 2 is 2.42 bits per heavy atom. The first-order valence-corrected chi connectivity index (χ1v) is 4.10. The minimum Gasteiger partial charge on any atom is -0.325 e. The van der Waals surface area contributed by atoms with Crippen LogP contribution in [0.5, 0.6) is 0 Å². The fourth-order valence-corrected chi connectivity index (χ4v) is 1.23. The number of nitrogens with zero attached hydrogens (tertiary/aromatic N) is 1. The summed E-state index contributed by atoms with van der Waals surface area (Å²) in [5.41, 5.74) is 6.81. The van der Waals surface area contributed by atoms with Gasteiger partial charge in [-0.3, -0.25) is 0 Å². The number of rotatable bonds is 2. The molecule has 0 spiro atoms. The summed E-state index contributed by atoms with van der Waals surface area (Å²) in [5.74, 6) is 0.512. The van der Waals surface area contributed by atoms with Crippen molar-refractivity contribution < 1.29 is 0 Å². The molecule has 0 bridgehead atoms. The Balaban J connectivity index is 2.41. The fourth-order valence-electron chi connectivity index (χ4n) is 1.23. The van der Waals surface area contributed by atoms with E-state index in [4.69, 9.17) is 5.73 Å². The maximum atomic E-state index is 11.0. The van der Waals surface area contributed by atoms with Crippen molar-refractivity contribution in [3.63, 3.8) is 0 Å². The molecule has 1 aliphatic rings. The van der Waals surface area contributed by atoms with Crippen LogP contribution in [0.1, 0.15) is 30.1 Å². The van der Waals surface area contributed by atoms with Gasteiger partial charge in [0.2, 0.25) is 0 Å². The third kappa shape index (κ3) is 1.38. The first kappa shape index (κ1) is 7.49. The average Bonchev–Trinajstić information content (AvgIpc) is 2.85. The Hall–Kier alpha value is -1.16. The molecule has 0 aliphatic heterocycles. The van der Waals surface area contributed by atoms with E-state index in [0.717, 1.165) is 24.2 Å². The SMILES string of the molecule is NCc1cc(C2CC2)nc(=O)[nH]1. The lowest BCUT2D eigenvalue weighted by atomic mass is 10.2. The van der Waals surface area contributed by atoms with Crippen molar-refractivity contribution in [3.05, 3.63) is 27.9 Å². The molecule has 0 atom stereocenters. The standard InChI is InChI=1S/C8H11N3O/c9-4-6-3-7(5-1-2-5)11-8(12)10-6/h3,5H,1-2,4,9H2,(H,10,11,12). The van der Waals surface area contributed by atoms with Crippen molar-refractivity contribution >= 4 is 0 Å². The topological polar surface area (TPSA) is 71.8 Å². The van der Waals surface area contributed by atoms with E-state index < -0.39 is 0 Å². The second-order valence-electron chi connectivity index (χ2n) is 3.11. The Bertz CT molecular complexity index is 340. The number of aromatic nitrogens is 2. The molecule has 12 heavy (non-hydrogen) atoms. The first-order valence-electron chi connectivity index (χ1n) is 4.10. The largest absolute Gasteiger partial charge is 0.345 e. The van der Waals surface area contributed by atoms with E-state index in [2.05, 4.69) is 9.97 Å². The predicted molar refractivity (Wildman–Crippen MR) is 44.7 cm³/mol. The third-order valence-electron chi connectivity index (χ3n) is 2.04. The molecule has 1 aromatic rings. The van der Waals surface area contributed by atoms with Gasteiger partial charge in [0.25, 0.3) is 0 Å². The highest BCUT2D eigenvalue weighted by atomic mass is 16.1. The van der Waals surface area contributed by atoms with Crippen molar-refractivity contribution in [1.29, 1.82) is 0 Å². The van der Waals surface area contributed by atoms with Crippen LogP contribution in [0, 0.1) is 0 Å². The lowest BCUT2D eigenvalue weighted by Gasteiger charge is -1.99. The van der Waals surface area contributed by atoms with Gasteiger partial charge in [-0.15, -0.1) is 0 Å². The number of nitrogens with two attached hydrogens (primary N) is 1. The minimum atomic E-state index is -0.278. The normalized spacial score (nSPS) is 16.4. The summed E-state index contributed by atoms with van der Waals surface area (Å²) in [6, 6.07) is 1.89. The summed E-state index contributed by atoms with van der Waals surface area (Å²) < 4.78 is 0. The molecule has 64 valence electrons. The van der Waals surface area contributed by atoms with Crippen LogP contribution in [0.25, 0.3) is 0 Å². The molecule has 0 saturated heterocycles. The lowest BCUT2D eigenvalue weighted by molar-refractivity contribution is 0.879. The van der Waals surface area contributed by atoms with Gasteiger partial charge in [-0.2, -0.15) is 4.98 Å². The maximum absolute atomic E-state index is 11.0. The molecule has 1 aromatic heterocycles. The molecule has 0 aromatic carbocycles. The Morgan fingerprint density at radius 1 is 1.67 bits per heavy atom. The molecular weight excluding hydrogens is 154 g/mol. The summed E-state index contributed by atoms with van der Waals surface area (Å²) in [6.45, 7) is 0.372. The number of hydrogen-bond acceptors (Lipinski definition) is 3. The highest BCUT2D eigenvalue weighted by Crippen LogP contribution is 2.38. The molecular formula is C8H11N3O. The highest BCUT2D eigenvalue weighted by molar-refractivity contribution is 5.16. The van der Waals surface area contributed by atoms with Crippen LogP contribution >= 0.6 is 0 Å². The summed E-state index contributed by atoms with van der Waals surface area (Å²) in [5, 5.41) is 0. The van der Waals surface area contributed by atoms with E-state index >= 15 is 0 Å². The Kier molecular flexibility index (Phi) is 1.69. The van der Waals surface area contributed by atoms with E-state index in [1.165, 1.54) is 0 Å². The zero-order chi connectivity index (χ0) is 8.55. The first-order chi connectivity index (χ1) is 5.79. The number of aromatic amines is 1. The van der Waals surface area contributed by atoms with Crippen molar-refractivity contribution in [2.24, 2.45) is 5.73 Å². The van der Waals surface area contributed by atoms with Gasteiger partial charge < -0.3 is 10.7 Å². The molecule has 4 nitrogen and oxygen atoms in total. The van der Waals surface area contributed by atoms with Gasteiger partial charge in [-0.25, -0.2) is 4.79 Å². The summed E-state index contributed by atoms with van der Waals surface area (Å²) in [4.78, 5) is 17.4. The summed E-state index contributed by atoms with van der Waals surface area (Å²) in [6.07, 6.45) is 2.31.